The molecule has 1 amide bonds. The van der Waals surface area contributed by atoms with Crippen molar-refractivity contribution in [1.82, 2.24) is 25.1 Å². The van der Waals surface area contributed by atoms with Crippen LogP contribution in [0, 0.1) is 0 Å². The second-order valence-electron chi connectivity index (χ2n) is 5.38. The van der Waals surface area contributed by atoms with Crippen molar-refractivity contribution in [3.05, 3.63) is 36.0 Å². The zero-order chi connectivity index (χ0) is 14.8. The van der Waals surface area contributed by atoms with Gasteiger partial charge in [0.25, 0.3) is 5.91 Å². The summed E-state index contributed by atoms with van der Waals surface area (Å²) < 4.78 is 2.08. The second-order valence-corrected chi connectivity index (χ2v) is 5.38. The average Bonchev–Trinajstić information content (AvgIpc) is 2.95. The van der Waals surface area contributed by atoms with Crippen LogP contribution in [0.2, 0.25) is 0 Å². The lowest BCUT2D eigenvalue weighted by Crippen LogP contribution is -2.41. The molecule has 7 heteroatoms. The molecule has 0 aromatic carbocycles. The molecule has 1 atom stereocenters. The van der Waals surface area contributed by atoms with Gasteiger partial charge in [-0.25, -0.2) is 4.98 Å². The monoisotopic (exact) mass is 286 g/mol. The minimum atomic E-state index is -0.179. The Morgan fingerprint density at radius 1 is 1.38 bits per heavy atom. The van der Waals surface area contributed by atoms with Gasteiger partial charge in [0.2, 0.25) is 0 Å². The molecule has 0 aliphatic carbocycles. The molecule has 0 saturated carbocycles. The lowest BCUT2D eigenvalue weighted by atomic mass is 10.1. The maximum absolute atomic E-state index is 12.2. The SMILES string of the molecule is CN(C)c1ccc(C(=O)N[C@H]2CCc3nccn3C2)nn1. The zero-order valence-electron chi connectivity index (χ0n) is 12.2. The van der Waals surface area contributed by atoms with Crippen LogP contribution in [-0.2, 0) is 13.0 Å². The van der Waals surface area contributed by atoms with E-state index < -0.39 is 0 Å². The summed E-state index contributed by atoms with van der Waals surface area (Å²) in [5, 5.41) is 11.0. The van der Waals surface area contributed by atoms with Crippen LogP contribution in [0.3, 0.4) is 0 Å². The fourth-order valence-electron chi connectivity index (χ4n) is 2.43. The van der Waals surface area contributed by atoms with Crippen molar-refractivity contribution in [3.63, 3.8) is 0 Å². The summed E-state index contributed by atoms with van der Waals surface area (Å²) in [5.74, 6) is 1.63. The Labute approximate surface area is 123 Å². The highest BCUT2D eigenvalue weighted by Crippen LogP contribution is 2.13. The van der Waals surface area contributed by atoms with E-state index in [0.717, 1.165) is 31.0 Å². The number of carbonyl (C=O) groups excluding carboxylic acids is 1. The number of amides is 1. The van der Waals surface area contributed by atoms with Crippen LogP contribution in [0.1, 0.15) is 22.7 Å². The number of rotatable bonds is 3. The summed E-state index contributed by atoms with van der Waals surface area (Å²) in [5.41, 5.74) is 0.344. The van der Waals surface area contributed by atoms with Gasteiger partial charge in [0.1, 0.15) is 5.82 Å². The number of imidazole rings is 1. The van der Waals surface area contributed by atoms with E-state index in [1.54, 1.807) is 18.3 Å². The number of hydrogen-bond acceptors (Lipinski definition) is 5. The van der Waals surface area contributed by atoms with Crippen LogP contribution in [0.5, 0.6) is 0 Å². The number of aryl methyl sites for hydroxylation is 1. The maximum Gasteiger partial charge on any atom is 0.272 e. The molecule has 0 saturated heterocycles. The van der Waals surface area contributed by atoms with Crippen LogP contribution >= 0.6 is 0 Å². The topological polar surface area (TPSA) is 75.9 Å². The molecule has 0 spiro atoms. The molecule has 0 bridgehead atoms. The summed E-state index contributed by atoms with van der Waals surface area (Å²) in [7, 11) is 3.77. The first kappa shape index (κ1) is 13.5. The van der Waals surface area contributed by atoms with E-state index in [-0.39, 0.29) is 11.9 Å². The van der Waals surface area contributed by atoms with E-state index in [4.69, 9.17) is 0 Å². The molecule has 0 fully saturated rings. The molecular weight excluding hydrogens is 268 g/mol. The Hall–Kier alpha value is -2.44. The molecule has 1 aliphatic rings. The Balaban J connectivity index is 1.64. The first-order valence-electron chi connectivity index (χ1n) is 6.95. The third-order valence-electron chi connectivity index (χ3n) is 3.61. The number of nitrogens with zero attached hydrogens (tertiary/aromatic N) is 5. The Kier molecular flexibility index (Phi) is 3.55. The van der Waals surface area contributed by atoms with Crippen LogP contribution in [0.25, 0.3) is 0 Å². The fourth-order valence-corrected chi connectivity index (χ4v) is 2.43. The van der Waals surface area contributed by atoms with E-state index in [2.05, 4.69) is 25.1 Å². The summed E-state index contributed by atoms with van der Waals surface area (Å²) >= 11 is 0. The van der Waals surface area contributed by atoms with Crippen LogP contribution in [0.15, 0.2) is 24.5 Å². The third kappa shape index (κ3) is 2.86. The number of anilines is 1. The molecule has 2 aromatic rings. The summed E-state index contributed by atoms with van der Waals surface area (Å²) in [6.45, 7) is 0.754. The zero-order valence-corrected chi connectivity index (χ0v) is 12.2. The van der Waals surface area contributed by atoms with Crippen molar-refractivity contribution in [2.24, 2.45) is 0 Å². The van der Waals surface area contributed by atoms with Crippen LogP contribution < -0.4 is 10.2 Å². The molecule has 0 radical (unpaired) electrons. The molecule has 1 N–H and O–H groups in total. The number of nitrogens with one attached hydrogen (secondary N) is 1. The van der Waals surface area contributed by atoms with Crippen molar-refractivity contribution in [1.29, 1.82) is 0 Å². The third-order valence-corrected chi connectivity index (χ3v) is 3.61. The van der Waals surface area contributed by atoms with Crippen molar-refractivity contribution in [3.8, 4) is 0 Å². The van der Waals surface area contributed by atoms with Gasteiger partial charge in [-0.3, -0.25) is 4.79 Å². The van der Waals surface area contributed by atoms with Crippen molar-refractivity contribution >= 4 is 11.7 Å². The lowest BCUT2D eigenvalue weighted by Gasteiger charge is -2.24. The van der Waals surface area contributed by atoms with Gasteiger partial charge in [0.15, 0.2) is 11.5 Å². The van der Waals surface area contributed by atoms with E-state index >= 15 is 0 Å². The molecule has 2 aromatic heterocycles. The Bertz CT molecular complexity index is 633. The Morgan fingerprint density at radius 3 is 2.95 bits per heavy atom. The molecular formula is C14H18N6O. The maximum atomic E-state index is 12.2. The van der Waals surface area contributed by atoms with E-state index in [9.17, 15) is 4.79 Å². The van der Waals surface area contributed by atoms with Gasteiger partial charge in [-0.1, -0.05) is 0 Å². The van der Waals surface area contributed by atoms with Crippen molar-refractivity contribution < 1.29 is 4.79 Å². The molecule has 7 nitrogen and oxygen atoms in total. The lowest BCUT2D eigenvalue weighted by molar-refractivity contribution is 0.0921. The minimum Gasteiger partial charge on any atom is -0.361 e. The average molecular weight is 286 g/mol. The molecule has 1 aliphatic heterocycles. The van der Waals surface area contributed by atoms with Crippen LogP contribution in [-0.4, -0.2) is 45.8 Å². The first-order valence-corrected chi connectivity index (χ1v) is 6.95. The van der Waals surface area contributed by atoms with Crippen molar-refractivity contribution in [2.75, 3.05) is 19.0 Å². The van der Waals surface area contributed by atoms with Gasteiger partial charge in [-0.05, 0) is 18.6 Å². The standard InChI is InChI=1S/C14H18N6O/c1-19(2)13-6-4-11(17-18-13)14(21)16-10-3-5-12-15-7-8-20(12)9-10/h4,6-8,10H,3,5,9H2,1-2H3,(H,16,21)/t10-/m0/s1. The molecule has 110 valence electrons. The highest BCUT2D eigenvalue weighted by molar-refractivity contribution is 5.92. The molecule has 3 heterocycles. The Morgan fingerprint density at radius 2 is 2.24 bits per heavy atom. The van der Waals surface area contributed by atoms with Crippen molar-refractivity contribution in [2.45, 2.75) is 25.4 Å². The number of carbonyl (C=O) groups is 1. The number of aromatic nitrogens is 4. The molecule has 3 rings (SSSR count). The molecule has 21 heavy (non-hydrogen) atoms. The minimum absolute atomic E-state index is 0.106. The van der Waals surface area contributed by atoms with Gasteiger partial charge < -0.3 is 14.8 Å². The van der Waals surface area contributed by atoms with Gasteiger partial charge in [0, 0.05) is 45.5 Å². The van der Waals surface area contributed by atoms with Crippen LogP contribution in [0.4, 0.5) is 5.82 Å². The second kappa shape index (κ2) is 5.51. The van der Waals surface area contributed by atoms with Gasteiger partial charge >= 0.3 is 0 Å². The summed E-state index contributed by atoms with van der Waals surface area (Å²) in [6.07, 6.45) is 5.51. The largest absolute Gasteiger partial charge is 0.361 e. The smallest absolute Gasteiger partial charge is 0.272 e. The fraction of sp³-hybridized carbons (Fsp3) is 0.429. The quantitative estimate of drug-likeness (QED) is 0.888. The van der Waals surface area contributed by atoms with Gasteiger partial charge in [-0.2, -0.15) is 0 Å². The predicted molar refractivity (Wildman–Crippen MR) is 78.2 cm³/mol. The summed E-state index contributed by atoms with van der Waals surface area (Å²) in [4.78, 5) is 18.3. The normalized spacial score (nSPS) is 17.1. The first-order chi connectivity index (χ1) is 10.1. The van der Waals surface area contributed by atoms with E-state index in [1.165, 1.54) is 0 Å². The highest BCUT2D eigenvalue weighted by Gasteiger charge is 2.21. The molecule has 0 unspecified atom stereocenters. The van der Waals surface area contributed by atoms with E-state index in [1.807, 2.05) is 25.2 Å². The number of fused-ring (bicyclic) bond motifs is 1. The van der Waals surface area contributed by atoms with E-state index in [0.29, 0.717) is 5.69 Å². The highest BCUT2D eigenvalue weighted by atomic mass is 16.2. The number of hydrogen-bond donors (Lipinski definition) is 1. The van der Waals surface area contributed by atoms with Gasteiger partial charge in [0.05, 0.1) is 0 Å². The van der Waals surface area contributed by atoms with Gasteiger partial charge in [-0.15, -0.1) is 10.2 Å². The summed E-state index contributed by atoms with van der Waals surface area (Å²) in [6, 6.07) is 3.59. The predicted octanol–water partition coefficient (Wildman–Crippen LogP) is 0.484.